The molecule has 3 N–H and O–H groups in total. The summed E-state index contributed by atoms with van der Waals surface area (Å²) in [6.45, 7) is 4.11. The molecular formula is C18H22N2O4S. The Hall–Kier alpha value is -2.38. The van der Waals surface area contributed by atoms with Crippen LogP contribution in [0, 0.1) is 6.92 Å². The molecule has 0 spiro atoms. The van der Waals surface area contributed by atoms with Gasteiger partial charge < -0.3 is 10.1 Å². The highest BCUT2D eigenvalue weighted by atomic mass is 32.2. The lowest BCUT2D eigenvalue weighted by molar-refractivity contribution is -0.128. The lowest BCUT2D eigenvalue weighted by Crippen LogP contribution is -2.37. The molecule has 0 saturated heterocycles. The van der Waals surface area contributed by atoms with Crippen LogP contribution in [0.2, 0.25) is 0 Å². The summed E-state index contributed by atoms with van der Waals surface area (Å²) in [5.41, 5.74) is 1.83. The maximum Gasteiger partial charge on any atom is 0.261 e. The molecule has 25 heavy (non-hydrogen) atoms. The lowest BCUT2D eigenvalue weighted by atomic mass is 10.2. The van der Waals surface area contributed by atoms with Gasteiger partial charge in [-0.15, -0.1) is 0 Å². The molecule has 6 nitrogen and oxygen atoms in total. The molecule has 0 fully saturated rings. The van der Waals surface area contributed by atoms with Crippen molar-refractivity contribution in [1.82, 2.24) is 5.32 Å². The Kier molecular flexibility index (Phi) is 6.17. The Morgan fingerprint density at radius 1 is 1.20 bits per heavy atom. The molecule has 1 atom stereocenters. The second-order valence-corrected chi connectivity index (χ2v) is 7.30. The number of hydrogen-bond donors (Lipinski definition) is 2. The Labute approximate surface area is 148 Å². The average molecular weight is 362 g/mol. The van der Waals surface area contributed by atoms with Crippen molar-refractivity contribution in [3.05, 3.63) is 59.7 Å². The number of primary sulfonamides is 1. The van der Waals surface area contributed by atoms with Gasteiger partial charge >= 0.3 is 0 Å². The maximum absolute atomic E-state index is 12.3. The van der Waals surface area contributed by atoms with Crippen molar-refractivity contribution in [3.8, 4) is 5.75 Å². The molecule has 0 aromatic heterocycles. The van der Waals surface area contributed by atoms with Gasteiger partial charge in [-0.3, -0.25) is 4.79 Å². The molecule has 134 valence electrons. The molecule has 0 aliphatic rings. The zero-order chi connectivity index (χ0) is 18.4. The quantitative estimate of drug-likeness (QED) is 0.788. The summed E-state index contributed by atoms with van der Waals surface area (Å²) in [6, 6.07) is 13.6. The van der Waals surface area contributed by atoms with E-state index in [1.165, 1.54) is 12.1 Å². The minimum Gasteiger partial charge on any atom is -0.481 e. The molecular weight excluding hydrogens is 340 g/mol. The zero-order valence-corrected chi connectivity index (χ0v) is 15.0. The summed E-state index contributed by atoms with van der Waals surface area (Å²) in [4.78, 5) is 12.3. The Balaban J connectivity index is 1.95. The number of rotatable bonds is 7. The first-order valence-electron chi connectivity index (χ1n) is 7.92. The van der Waals surface area contributed by atoms with E-state index < -0.39 is 16.1 Å². The van der Waals surface area contributed by atoms with Crippen molar-refractivity contribution < 1.29 is 17.9 Å². The highest BCUT2D eigenvalue weighted by Crippen LogP contribution is 2.15. The van der Waals surface area contributed by atoms with Gasteiger partial charge in [0.15, 0.2) is 6.10 Å². The standard InChI is InChI=1S/C18H22N2O4S/c1-3-17(24-15-6-4-5-13(2)11-15)18(21)20-12-14-7-9-16(10-8-14)25(19,22)23/h4-11,17H,3,12H2,1-2H3,(H,20,21)(H2,19,22,23). The summed E-state index contributed by atoms with van der Waals surface area (Å²) in [6.07, 6.45) is -0.0603. The van der Waals surface area contributed by atoms with Crippen LogP contribution in [-0.2, 0) is 21.4 Å². The van der Waals surface area contributed by atoms with Crippen molar-refractivity contribution >= 4 is 15.9 Å². The largest absolute Gasteiger partial charge is 0.481 e. The van der Waals surface area contributed by atoms with Gasteiger partial charge in [-0.05, 0) is 48.7 Å². The number of amides is 1. The Morgan fingerprint density at radius 3 is 2.44 bits per heavy atom. The fraction of sp³-hybridized carbons (Fsp3) is 0.278. The van der Waals surface area contributed by atoms with Gasteiger partial charge in [-0.2, -0.15) is 0 Å². The summed E-state index contributed by atoms with van der Waals surface area (Å²) in [7, 11) is -3.71. The Morgan fingerprint density at radius 2 is 1.88 bits per heavy atom. The molecule has 0 aliphatic carbocycles. The summed E-state index contributed by atoms with van der Waals surface area (Å²) < 4.78 is 28.2. The van der Waals surface area contributed by atoms with Gasteiger partial charge in [0.25, 0.3) is 5.91 Å². The van der Waals surface area contributed by atoms with Crippen molar-refractivity contribution in [1.29, 1.82) is 0 Å². The normalized spacial score (nSPS) is 12.4. The predicted octanol–water partition coefficient (Wildman–Crippen LogP) is 2.12. The molecule has 0 aliphatic heterocycles. The van der Waals surface area contributed by atoms with Crippen LogP contribution in [0.4, 0.5) is 0 Å². The van der Waals surface area contributed by atoms with Crippen molar-refractivity contribution in [2.75, 3.05) is 0 Å². The number of hydrogen-bond acceptors (Lipinski definition) is 4. The van der Waals surface area contributed by atoms with Gasteiger partial charge in [-0.25, -0.2) is 13.6 Å². The van der Waals surface area contributed by atoms with E-state index in [-0.39, 0.29) is 17.3 Å². The number of aryl methyl sites for hydroxylation is 1. The van der Waals surface area contributed by atoms with Gasteiger partial charge in [0.1, 0.15) is 5.75 Å². The predicted molar refractivity (Wildman–Crippen MR) is 95.5 cm³/mol. The first kappa shape index (κ1) is 19.0. The number of ether oxygens (including phenoxy) is 1. The molecule has 2 aromatic rings. The topological polar surface area (TPSA) is 98.5 Å². The molecule has 7 heteroatoms. The van der Waals surface area contributed by atoms with Crippen LogP contribution in [0.5, 0.6) is 5.75 Å². The minimum atomic E-state index is -3.71. The summed E-state index contributed by atoms with van der Waals surface area (Å²) in [5, 5.41) is 7.86. The third kappa shape index (κ3) is 5.58. The van der Waals surface area contributed by atoms with Crippen LogP contribution >= 0.6 is 0 Å². The van der Waals surface area contributed by atoms with Crippen LogP contribution in [-0.4, -0.2) is 20.4 Å². The smallest absolute Gasteiger partial charge is 0.261 e. The van der Waals surface area contributed by atoms with Crippen molar-refractivity contribution in [2.45, 2.75) is 37.8 Å². The van der Waals surface area contributed by atoms with Gasteiger partial charge in [0.05, 0.1) is 4.90 Å². The van der Waals surface area contributed by atoms with Crippen LogP contribution in [0.25, 0.3) is 0 Å². The number of carbonyl (C=O) groups excluding carboxylic acids is 1. The lowest BCUT2D eigenvalue weighted by Gasteiger charge is -2.17. The summed E-state index contributed by atoms with van der Waals surface area (Å²) >= 11 is 0. The van der Waals surface area contributed by atoms with E-state index in [9.17, 15) is 13.2 Å². The Bertz CT molecular complexity index is 832. The average Bonchev–Trinajstić information content (AvgIpc) is 2.57. The number of benzene rings is 2. The van der Waals surface area contributed by atoms with Crippen LogP contribution in [0.15, 0.2) is 53.4 Å². The van der Waals surface area contributed by atoms with Gasteiger partial charge in [0, 0.05) is 6.54 Å². The molecule has 0 radical (unpaired) electrons. The van der Waals surface area contributed by atoms with Crippen molar-refractivity contribution in [3.63, 3.8) is 0 Å². The second-order valence-electron chi connectivity index (χ2n) is 5.74. The number of nitrogens with one attached hydrogen (secondary N) is 1. The first-order valence-corrected chi connectivity index (χ1v) is 9.47. The fourth-order valence-electron chi connectivity index (χ4n) is 2.28. The first-order chi connectivity index (χ1) is 11.8. The van der Waals surface area contributed by atoms with Gasteiger partial charge in [-0.1, -0.05) is 31.2 Å². The third-order valence-electron chi connectivity index (χ3n) is 3.65. The molecule has 2 aromatic carbocycles. The minimum absolute atomic E-state index is 0.0387. The highest BCUT2D eigenvalue weighted by molar-refractivity contribution is 7.89. The highest BCUT2D eigenvalue weighted by Gasteiger charge is 2.18. The van der Waals surface area contributed by atoms with E-state index in [1.807, 2.05) is 38.1 Å². The van der Waals surface area contributed by atoms with E-state index in [1.54, 1.807) is 12.1 Å². The molecule has 0 bridgehead atoms. The monoisotopic (exact) mass is 362 g/mol. The molecule has 1 amide bonds. The molecule has 0 heterocycles. The van der Waals surface area contributed by atoms with E-state index in [4.69, 9.17) is 9.88 Å². The van der Waals surface area contributed by atoms with Crippen LogP contribution in [0.1, 0.15) is 24.5 Å². The molecule has 1 unspecified atom stereocenters. The fourth-order valence-corrected chi connectivity index (χ4v) is 2.79. The molecule has 2 rings (SSSR count). The SMILES string of the molecule is CCC(Oc1cccc(C)c1)C(=O)NCc1ccc(S(N)(=O)=O)cc1. The maximum atomic E-state index is 12.3. The number of sulfonamides is 1. The third-order valence-corrected chi connectivity index (χ3v) is 4.58. The van der Waals surface area contributed by atoms with E-state index in [0.717, 1.165) is 11.1 Å². The molecule has 0 saturated carbocycles. The van der Waals surface area contributed by atoms with E-state index in [0.29, 0.717) is 12.2 Å². The van der Waals surface area contributed by atoms with Gasteiger partial charge in [0.2, 0.25) is 10.0 Å². The number of carbonyl (C=O) groups is 1. The van der Waals surface area contributed by atoms with E-state index in [2.05, 4.69) is 5.32 Å². The van der Waals surface area contributed by atoms with Crippen molar-refractivity contribution in [2.24, 2.45) is 5.14 Å². The van der Waals surface area contributed by atoms with E-state index >= 15 is 0 Å². The van der Waals surface area contributed by atoms with Crippen LogP contribution < -0.4 is 15.2 Å². The zero-order valence-electron chi connectivity index (χ0n) is 14.2. The summed E-state index contributed by atoms with van der Waals surface area (Å²) in [5.74, 6) is 0.430. The van der Waals surface area contributed by atoms with Crippen LogP contribution in [0.3, 0.4) is 0 Å². The number of nitrogens with two attached hydrogens (primary N) is 1. The second kappa shape index (κ2) is 8.13.